The minimum Gasteiger partial charge on any atom is -0.509 e. The number of benzene rings is 1. The van der Waals surface area contributed by atoms with Crippen LogP contribution >= 0.6 is 0 Å². The standard InChI is InChI=1S/C12H8O2/c13-9-5-8-6-3-1-2-4-7(6)10(8)12-11(9)14-12/h1-5,11-13H. The smallest absolute Gasteiger partial charge is 0.145 e. The van der Waals surface area contributed by atoms with Gasteiger partial charge in [0.25, 0.3) is 0 Å². The quantitative estimate of drug-likeness (QED) is 0.626. The highest BCUT2D eigenvalue weighted by Gasteiger charge is 2.52. The Morgan fingerprint density at radius 2 is 1.86 bits per heavy atom. The first-order valence-electron chi connectivity index (χ1n) is 4.76. The molecule has 3 aliphatic rings. The van der Waals surface area contributed by atoms with Crippen molar-refractivity contribution >= 4 is 11.1 Å². The van der Waals surface area contributed by atoms with Crippen molar-refractivity contribution in [3.63, 3.8) is 0 Å². The maximum absolute atomic E-state index is 9.57. The third kappa shape index (κ3) is 0.601. The Bertz CT molecular complexity index is 511. The van der Waals surface area contributed by atoms with Gasteiger partial charge in [0.1, 0.15) is 18.0 Å². The summed E-state index contributed by atoms with van der Waals surface area (Å²) in [5.74, 6) is 0.378. The second-order valence-electron chi connectivity index (χ2n) is 3.92. The highest BCUT2D eigenvalue weighted by atomic mass is 16.6. The molecule has 0 radical (unpaired) electrons. The molecule has 1 aliphatic heterocycles. The number of allylic oxidation sites excluding steroid dienone is 2. The lowest BCUT2D eigenvalue weighted by Crippen LogP contribution is -2.16. The fraction of sp³-hybridized carbons (Fsp3) is 0.167. The van der Waals surface area contributed by atoms with Gasteiger partial charge in [0.05, 0.1) is 0 Å². The Balaban J connectivity index is 1.96. The lowest BCUT2D eigenvalue weighted by atomic mass is 9.75. The van der Waals surface area contributed by atoms with Crippen LogP contribution in [0, 0.1) is 0 Å². The van der Waals surface area contributed by atoms with Crippen LogP contribution in [0.5, 0.6) is 0 Å². The molecule has 1 aromatic carbocycles. The predicted molar refractivity (Wildman–Crippen MR) is 52.6 cm³/mol. The molecule has 2 heteroatoms. The van der Waals surface area contributed by atoms with Crippen LogP contribution in [0.3, 0.4) is 0 Å². The molecule has 2 aliphatic carbocycles. The van der Waals surface area contributed by atoms with E-state index in [0.29, 0.717) is 5.76 Å². The summed E-state index contributed by atoms with van der Waals surface area (Å²) in [4.78, 5) is 0. The predicted octanol–water partition coefficient (Wildman–Crippen LogP) is 2.13. The van der Waals surface area contributed by atoms with E-state index in [4.69, 9.17) is 4.74 Å². The molecular formula is C12H8O2. The summed E-state index contributed by atoms with van der Waals surface area (Å²) in [6, 6.07) is 8.26. The van der Waals surface area contributed by atoms with E-state index in [1.165, 1.54) is 16.7 Å². The highest BCUT2D eigenvalue weighted by molar-refractivity contribution is 6.11. The summed E-state index contributed by atoms with van der Waals surface area (Å²) in [7, 11) is 0. The second kappa shape index (κ2) is 1.93. The number of rotatable bonds is 0. The molecule has 2 unspecified atom stereocenters. The van der Waals surface area contributed by atoms with Crippen LogP contribution in [0.4, 0.5) is 0 Å². The third-order valence-corrected chi connectivity index (χ3v) is 3.16. The second-order valence-corrected chi connectivity index (χ2v) is 3.92. The fourth-order valence-electron chi connectivity index (χ4n) is 2.43. The normalized spacial score (nSPS) is 31.0. The molecule has 0 amide bonds. The van der Waals surface area contributed by atoms with E-state index >= 15 is 0 Å². The van der Waals surface area contributed by atoms with Gasteiger partial charge in [-0.15, -0.1) is 0 Å². The van der Waals surface area contributed by atoms with Crippen molar-refractivity contribution in [2.45, 2.75) is 12.2 Å². The van der Waals surface area contributed by atoms with E-state index in [1.807, 2.05) is 18.2 Å². The Kier molecular flexibility index (Phi) is 0.946. The van der Waals surface area contributed by atoms with Crippen molar-refractivity contribution in [1.82, 2.24) is 0 Å². The monoisotopic (exact) mass is 184 g/mol. The van der Waals surface area contributed by atoms with Crippen molar-refractivity contribution in [1.29, 1.82) is 0 Å². The first-order chi connectivity index (χ1) is 6.86. The van der Waals surface area contributed by atoms with Gasteiger partial charge in [0.15, 0.2) is 0 Å². The molecule has 1 heterocycles. The molecule has 0 saturated carbocycles. The van der Waals surface area contributed by atoms with E-state index in [1.54, 1.807) is 0 Å². The van der Waals surface area contributed by atoms with Crippen LogP contribution in [0.25, 0.3) is 11.1 Å². The third-order valence-electron chi connectivity index (χ3n) is 3.16. The Morgan fingerprint density at radius 1 is 1.07 bits per heavy atom. The topological polar surface area (TPSA) is 32.8 Å². The van der Waals surface area contributed by atoms with Gasteiger partial charge in [0.2, 0.25) is 0 Å². The molecule has 4 rings (SSSR count). The number of hydrogen-bond acceptors (Lipinski definition) is 2. The SMILES string of the molecule is OC1=CC2=C(c3ccccc32)C2OC12. The Hall–Kier alpha value is -1.54. The molecule has 2 atom stereocenters. The summed E-state index contributed by atoms with van der Waals surface area (Å²) >= 11 is 0. The largest absolute Gasteiger partial charge is 0.509 e. The van der Waals surface area contributed by atoms with E-state index in [9.17, 15) is 5.11 Å². The summed E-state index contributed by atoms with van der Waals surface area (Å²) in [5.41, 5.74) is 4.97. The van der Waals surface area contributed by atoms with Crippen molar-refractivity contribution in [3.05, 3.63) is 47.2 Å². The molecule has 1 saturated heterocycles. The van der Waals surface area contributed by atoms with E-state index in [-0.39, 0.29) is 12.2 Å². The van der Waals surface area contributed by atoms with Gasteiger partial charge in [-0.05, 0) is 28.3 Å². The minimum absolute atomic E-state index is 0.0536. The van der Waals surface area contributed by atoms with Crippen LogP contribution in [0.2, 0.25) is 0 Å². The molecular weight excluding hydrogens is 176 g/mol. The van der Waals surface area contributed by atoms with E-state index < -0.39 is 0 Å². The van der Waals surface area contributed by atoms with Crippen LogP contribution in [-0.4, -0.2) is 17.3 Å². The van der Waals surface area contributed by atoms with Gasteiger partial charge in [-0.2, -0.15) is 0 Å². The van der Waals surface area contributed by atoms with E-state index in [0.717, 1.165) is 5.57 Å². The molecule has 14 heavy (non-hydrogen) atoms. The summed E-state index contributed by atoms with van der Waals surface area (Å²) in [5, 5.41) is 9.57. The summed E-state index contributed by atoms with van der Waals surface area (Å²) in [6.07, 6.45) is 1.92. The van der Waals surface area contributed by atoms with Crippen LogP contribution < -0.4 is 0 Å². The molecule has 2 nitrogen and oxygen atoms in total. The first kappa shape index (κ1) is 6.85. The fourth-order valence-corrected chi connectivity index (χ4v) is 2.43. The van der Waals surface area contributed by atoms with E-state index in [2.05, 4.69) is 12.1 Å². The molecule has 1 fully saturated rings. The number of aliphatic hydroxyl groups excluding tert-OH is 1. The number of fused-ring (bicyclic) bond motifs is 5. The molecule has 0 spiro atoms. The zero-order valence-electron chi connectivity index (χ0n) is 7.40. The van der Waals surface area contributed by atoms with Gasteiger partial charge in [-0.1, -0.05) is 24.3 Å². The molecule has 1 aromatic rings. The zero-order valence-corrected chi connectivity index (χ0v) is 7.40. The molecule has 68 valence electrons. The van der Waals surface area contributed by atoms with Crippen molar-refractivity contribution in [3.8, 4) is 0 Å². The van der Waals surface area contributed by atoms with Crippen LogP contribution in [0.15, 0.2) is 36.1 Å². The molecule has 0 aromatic heterocycles. The van der Waals surface area contributed by atoms with Crippen LogP contribution in [0.1, 0.15) is 11.1 Å². The van der Waals surface area contributed by atoms with Gasteiger partial charge >= 0.3 is 0 Å². The van der Waals surface area contributed by atoms with Gasteiger partial charge in [-0.3, -0.25) is 0 Å². The van der Waals surface area contributed by atoms with Crippen molar-refractivity contribution in [2.24, 2.45) is 0 Å². The average molecular weight is 184 g/mol. The van der Waals surface area contributed by atoms with Gasteiger partial charge in [-0.25, -0.2) is 0 Å². The molecule has 0 bridgehead atoms. The number of ether oxygens (including phenoxy) is 1. The summed E-state index contributed by atoms with van der Waals surface area (Å²) in [6.45, 7) is 0. The summed E-state index contributed by atoms with van der Waals surface area (Å²) < 4.78 is 5.40. The van der Waals surface area contributed by atoms with Crippen molar-refractivity contribution in [2.75, 3.05) is 0 Å². The number of hydrogen-bond donors (Lipinski definition) is 1. The minimum atomic E-state index is -0.0536. The van der Waals surface area contributed by atoms with Crippen LogP contribution in [-0.2, 0) is 4.74 Å². The number of aliphatic hydroxyl groups is 1. The zero-order chi connectivity index (χ0) is 9.28. The highest BCUT2D eigenvalue weighted by Crippen LogP contribution is 2.54. The molecule has 1 N–H and O–H groups in total. The average Bonchev–Trinajstić information content (AvgIpc) is 2.95. The first-order valence-corrected chi connectivity index (χ1v) is 4.76. The lowest BCUT2D eigenvalue weighted by Gasteiger charge is -2.27. The maximum Gasteiger partial charge on any atom is 0.145 e. The van der Waals surface area contributed by atoms with Gasteiger partial charge in [0, 0.05) is 0 Å². The Labute approximate surface area is 81.1 Å². The van der Waals surface area contributed by atoms with Gasteiger partial charge < -0.3 is 9.84 Å². The maximum atomic E-state index is 9.57. The van der Waals surface area contributed by atoms with Crippen molar-refractivity contribution < 1.29 is 9.84 Å². The number of epoxide rings is 1. The Morgan fingerprint density at radius 3 is 2.71 bits per heavy atom. The lowest BCUT2D eigenvalue weighted by molar-refractivity contribution is 0.324.